The lowest BCUT2D eigenvalue weighted by Gasteiger charge is -2.13. The maximum atomic E-state index is 12.0. The molecule has 3 rings (SSSR count). The number of hydrogen-bond acceptors (Lipinski definition) is 5. The summed E-state index contributed by atoms with van der Waals surface area (Å²) in [6.45, 7) is 2.61. The fraction of sp³-hybridized carbons (Fsp3) is 0.409. The van der Waals surface area contributed by atoms with Crippen LogP contribution >= 0.6 is 12.4 Å². The van der Waals surface area contributed by atoms with Crippen molar-refractivity contribution in [1.29, 1.82) is 0 Å². The van der Waals surface area contributed by atoms with Crippen molar-refractivity contribution in [2.45, 2.75) is 19.1 Å². The molecule has 0 aliphatic rings. The van der Waals surface area contributed by atoms with Crippen LogP contribution in [0.2, 0.25) is 0 Å². The molecule has 0 saturated heterocycles. The van der Waals surface area contributed by atoms with Crippen molar-refractivity contribution in [2.75, 3.05) is 26.9 Å². The minimum Gasteiger partial charge on any atom is -0.491 e. The molecule has 3 aromatic rings. The first kappa shape index (κ1) is 24.0. The van der Waals surface area contributed by atoms with Crippen LogP contribution in [0.15, 0.2) is 47.3 Å². The number of methoxy groups -OCH3 is 1. The SMILES string of the molecule is COCCCNCc1ccc(OCC(O)c2ccc3c(c2)n(C)c(=O)n3C)cc1.Cl. The minimum absolute atomic E-state index is 0. The summed E-state index contributed by atoms with van der Waals surface area (Å²) in [5.41, 5.74) is 3.43. The first-order chi connectivity index (χ1) is 14.0. The van der Waals surface area contributed by atoms with E-state index in [4.69, 9.17) is 9.47 Å². The maximum Gasteiger partial charge on any atom is 0.328 e. The van der Waals surface area contributed by atoms with Gasteiger partial charge in [0.15, 0.2) is 0 Å². The van der Waals surface area contributed by atoms with Gasteiger partial charge in [-0.3, -0.25) is 9.13 Å². The van der Waals surface area contributed by atoms with Gasteiger partial charge in [0, 0.05) is 34.4 Å². The molecule has 0 fully saturated rings. The fourth-order valence-electron chi connectivity index (χ4n) is 3.28. The van der Waals surface area contributed by atoms with Crippen LogP contribution < -0.4 is 15.7 Å². The number of fused-ring (bicyclic) bond motifs is 1. The molecule has 0 radical (unpaired) electrons. The number of halogens is 1. The second-order valence-electron chi connectivity index (χ2n) is 7.14. The van der Waals surface area contributed by atoms with E-state index >= 15 is 0 Å². The standard InChI is InChI=1S/C22H29N3O4.ClH/c1-24-19-10-7-17(13-20(19)25(2)22(24)27)21(26)15-29-18-8-5-16(6-9-18)14-23-11-4-12-28-3;/h5-10,13,21,23,26H,4,11-12,14-15H2,1-3H3;1H. The van der Waals surface area contributed by atoms with Gasteiger partial charge in [0.25, 0.3) is 0 Å². The van der Waals surface area contributed by atoms with Crippen LogP contribution in [0.3, 0.4) is 0 Å². The molecular weight excluding hydrogens is 406 g/mol. The average molecular weight is 436 g/mol. The Kier molecular flexibility index (Phi) is 8.92. The van der Waals surface area contributed by atoms with Gasteiger partial charge in [0.05, 0.1) is 11.0 Å². The molecule has 2 N–H and O–H groups in total. The second-order valence-corrected chi connectivity index (χ2v) is 7.14. The molecule has 1 atom stereocenters. The zero-order valence-electron chi connectivity index (χ0n) is 17.6. The number of aryl methyl sites for hydroxylation is 2. The summed E-state index contributed by atoms with van der Waals surface area (Å²) in [7, 11) is 5.17. The maximum absolute atomic E-state index is 12.0. The van der Waals surface area contributed by atoms with Crippen LogP contribution in [-0.4, -0.2) is 41.1 Å². The first-order valence-corrected chi connectivity index (χ1v) is 9.76. The smallest absolute Gasteiger partial charge is 0.328 e. The molecule has 7 nitrogen and oxygen atoms in total. The summed E-state index contributed by atoms with van der Waals surface area (Å²) in [5.74, 6) is 0.709. The number of aliphatic hydroxyl groups excluding tert-OH is 1. The van der Waals surface area contributed by atoms with Gasteiger partial charge >= 0.3 is 5.69 Å². The molecule has 1 unspecified atom stereocenters. The van der Waals surface area contributed by atoms with Crippen LogP contribution in [0.1, 0.15) is 23.7 Å². The summed E-state index contributed by atoms with van der Waals surface area (Å²) in [5, 5.41) is 13.9. The van der Waals surface area contributed by atoms with Gasteiger partial charge in [0.1, 0.15) is 18.5 Å². The van der Waals surface area contributed by atoms with E-state index in [0.717, 1.165) is 42.7 Å². The van der Waals surface area contributed by atoms with E-state index in [9.17, 15) is 9.90 Å². The van der Waals surface area contributed by atoms with Crippen molar-refractivity contribution >= 4 is 23.4 Å². The van der Waals surface area contributed by atoms with Gasteiger partial charge in [-0.25, -0.2) is 4.79 Å². The number of nitrogens with one attached hydrogen (secondary N) is 1. The summed E-state index contributed by atoms with van der Waals surface area (Å²) < 4.78 is 13.9. The molecule has 2 aromatic carbocycles. The molecule has 0 saturated carbocycles. The first-order valence-electron chi connectivity index (χ1n) is 9.76. The van der Waals surface area contributed by atoms with Gasteiger partial charge in [-0.2, -0.15) is 0 Å². The highest BCUT2D eigenvalue weighted by Gasteiger charge is 2.13. The monoisotopic (exact) mass is 435 g/mol. The highest BCUT2D eigenvalue weighted by atomic mass is 35.5. The van der Waals surface area contributed by atoms with Gasteiger partial charge in [-0.15, -0.1) is 12.4 Å². The van der Waals surface area contributed by atoms with Crippen LogP contribution in [0.4, 0.5) is 0 Å². The largest absolute Gasteiger partial charge is 0.491 e. The summed E-state index contributed by atoms with van der Waals surface area (Å²) in [6, 6.07) is 13.3. The second kappa shape index (κ2) is 11.2. The van der Waals surface area contributed by atoms with Crippen molar-refractivity contribution in [2.24, 2.45) is 14.1 Å². The van der Waals surface area contributed by atoms with Gasteiger partial charge in [0.2, 0.25) is 0 Å². The van der Waals surface area contributed by atoms with Crippen molar-refractivity contribution in [3.63, 3.8) is 0 Å². The minimum atomic E-state index is -0.781. The topological polar surface area (TPSA) is 77.7 Å². The predicted molar refractivity (Wildman–Crippen MR) is 121 cm³/mol. The van der Waals surface area contributed by atoms with E-state index in [1.54, 1.807) is 30.3 Å². The van der Waals surface area contributed by atoms with Crippen molar-refractivity contribution in [1.82, 2.24) is 14.5 Å². The number of rotatable bonds is 10. The summed E-state index contributed by atoms with van der Waals surface area (Å²) >= 11 is 0. The Morgan fingerprint density at radius 2 is 1.77 bits per heavy atom. The van der Waals surface area contributed by atoms with Crippen LogP contribution in [0, 0.1) is 0 Å². The predicted octanol–water partition coefficient (Wildman–Crippen LogP) is 2.54. The third-order valence-electron chi connectivity index (χ3n) is 5.04. The van der Waals surface area contributed by atoms with E-state index in [-0.39, 0.29) is 24.7 Å². The zero-order valence-corrected chi connectivity index (χ0v) is 18.4. The zero-order chi connectivity index (χ0) is 20.8. The third kappa shape index (κ3) is 5.64. The van der Waals surface area contributed by atoms with Gasteiger partial charge < -0.3 is 19.9 Å². The average Bonchev–Trinajstić information content (AvgIpc) is 2.96. The van der Waals surface area contributed by atoms with E-state index in [0.29, 0.717) is 5.75 Å². The summed E-state index contributed by atoms with van der Waals surface area (Å²) in [4.78, 5) is 12.0. The van der Waals surface area contributed by atoms with E-state index in [1.807, 2.05) is 42.5 Å². The number of imidazole rings is 1. The Morgan fingerprint density at radius 3 is 2.47 bits per heavy atom. The highest BCUT2D eigenvalue weighted by molar-refractivity contribution is 5.85. The Bertz CT molecular complexity index is 998. The molecule has 1 aromatic heterocycles. The van der Waals surface area contributed by atoms with Crippen molar-refractivity contribution in [3.05, 3.63) is 64.1 Å². The Labute approximate surface area is 182 Å². The number of benzene rings is 2. The summed E-state index contributed by atoms with van der Waals surface area (Å²) in [6.07, 6.45) is 0.204. The normalized spacial score (nSPS) is 12.0. The molecule has 0 bridgehead atoms. The van der Waals surface area contributed by atoms with E-state index < -0.39 is 6.10 Å². The lowest BCUT2D eigenvalue weighted by molar-refractivity contribution is 0.108. The third-order valence-corrected chi connectivity index (χ3v) is 5.04. The lowest BCUT2D eigenvalue weighted by atomic mass is 10.1. The number of hydrogen-bond donors (Lipinski definition) is 2. The Hall–Kier alpha value is -2.32. The molecular formula is C22H30ClN3O4. The molecule has 0 spiro atoms. The molecule has 0 aliphatic heterocycles. The Morgan fingerprint density at radius 1 is 1.07 bits per heavy atom. The molecule has 8 heteroatoms. The molecule has 1 heterocycles. The molecule has 0 amide bonds. The van der Waals surface area contributed by atoms with Crippen LogP contribution in [0.25, 0.3) is 11.0 Å². The van der Waals surface area contributed by atoms with Crippen molar-refractivity contribution in [3.8, 4) is 5.75 Å². The number of nitrogens with zero attached hydrogens (tertiary/aromatic N) is 2. The van der Waals surface area contributed by atoms with Crippen molar-refractivity contribution < 1.29 is 14.6 Å². The highest BCUT2D eigenvalue weighted by Crippen LogP contribution is 2.21. The lowest BCUT2D eigenvalue weighted by Crippen LogP contribution is -2.19. The number of ether oxygens (including phenoxy) is 2. The molecule has 164 valence electrons. The Balaban J connectivity index is 0.00000320. The van der Waals surface area contributed by atoms with Crippen LogP contribution in [-0.2, 0) is 25.4 Å². The fourth-order valence-corrected chi connectivity index (χ4v) is 3.28. The van der Waals surface area contributed by atoms with Gasteiger partial charge in [-0.05, 0) is 48.4 Å². The van der Waals surface area contributed by atoms with E-state index in [2.05, 4.69) is 5.32 Å². The van der Waals surface area contributed by atoms with Gasteiger partial charge in [-0.1, -0.05) is 18.2 Å². The quantitative estimate of drug-likeness (QED) is 0.478. The molecule has 0 aliphatic carbocycles. The van der Waals surface area contributed by atoms with E-state index in [1.165, 1.54) is 5.56 Å². The molecule has 30 heavy (non-hydrogen) atoms. The van der Waals surface area contributed by atoms with Crippen LogP contribution in [0.5, 0.6) is 5.75 Å². The number of aromatic nitrogens is 2. The number of aliphatic hydroxyl groups is 1.